The van der Waals surface area contributed by atoms with Crippen LogP contribution in [0.5, 0.6) is 0 Å². The Balaban J connectivity index is 1.68. The van der Waals surface area contributed by atoms with Gasteiger partial charge in [-0.1, -0.05) is 11.6 Å². The molecule has 0 saturated carbocycles. The van der Waals surface area contributed by atoms with Crippen molar-refractivity contribution < 1.29 is 22.8 Å². The summed E-state index contributed by atoms with van der Waals surface area (Å²) in [6.45, 7) is 0.928. The Kier molecular flexibility index (Phi) is 5.22. The van der Waals surface area contributed by atoms with E-state index >= 15 is 0 Å². The lowest BCUT2D eigenvalue weighted by atomic mass is 10.1. The molecule has 2 heterocycles. The summed E-state index contributed by atoms with van der Waals surface area (Å²) in [6.07, 6.45) is 0.968. The Hall–Kier alpha value is -2.81. The number of nitrogens with one attached hydrogen (secondary N) is 2. The van der Waals surface area contributed by atoms with Gasteiger partial charge in [0.05, 0.1) is 35.2 Å². The van der Waals surface area contributed by atoms with E-state index in [0.29, 0.717) is 0 Å². The average Bonchev–Trinajstić information content (AvgIpc) is 2.59. The molecule has 3 amide bonds. The highest BCUT2D eigenvalue weighted by Crippen LogP contribution is 2.27. The molecule has 2 N–H and O–H groups in total. The summed E-state index contributed by atoms with van der Waals surface area (Å²) in [4.78, 5) is 29.2. The van der Waals surface area contributed by atoms with Gasteiger partial charge < -0.3 is 15.5 Å². The van der Waals surface area contributed by atoms with Crippen molar-refractivity contribution in [3.05, 3.63) is 58.1 Å². The Bertz CT molecular complexity index is 925. The number of carbonyl (C=O) groups is 2. The zero-order valence-corrected chi connectivity index (χ0v) is 14.8. The van der Waals surface area contributed by atoms with Crippen molar-refractivity contribution in [1.82, 2.24) is 15.2 Å². The van der Waals surface area contributed by atoms with Crippen LogP contribution in [-0.4, -0.2) is 28.4 Å². The second-order valence-corrected chi connectivity index (χ2v) is 6.39. The molecule has 1 atom stereocenters. The van der Waals surface area contributed by atoms with Gasteiger partial charge in [-0.25, -0.2) is 18.0 Å². The number of urea groups is 1. The SMILES string of the molecule is C[C@@H](NC(=O)CN1Cc2c(ccc(F)c2F)NC1=O)c1ncc(F)cc1Cl. The quantitative estimate of drug-likeness (QED) is 0.829. The second kappa shape index (κ2) is 7.43. The highest BCUT2D eigenvalue weighted by Gasteiger charge is 2.28. The molecular weight excluding hydrogens is 385 g/mol. The molecule has 1 aromatic heterocycles. The van der Waals surface area contributed by atoms with Crippen LogP contribution in [-0.2, 0) is 11.3 Å². The van der Waals surface area contributed by atoms with Crippen LogP contribution in [0.15, 0.2) is 24.4 Å². The van der Waals surface area contributed by atoms with Crippen LogP contribution < -0.4 is 10.6 Å². The van der Waals surface area contributed by atoms with E-state index < -0.39 is 42.0 Å². The Morgan fingerprint density at radius 3 is 2.85 bits per heavy atom. The van der Waals surface area contributed by atoms with Gasteiger partial charge in [0.15, 0.2) is 11.6 Å². The van der Waals surface area contributed by atoms with E-state index in [0.717, 1.165) is 23.2 Å². The van der Waals surface area contributed by atoms with Crippen LogP contribution in [0.3, 0.4) is 0 Å². The number of rotatable bonds is 4. The fraction of sp³-hybridized carbons (Fsp3) is 0.235. The minimum atomic E-state index is -1.08. The first kappa shape index (κ1) is 19.0. The highest BCUT2D eigenvalue weighted by atomic mass is 35.5. The van der Waals surface area contributed by atoms with Crippen LogP contribution in [0.4, 0.5) is 23.7 Å². The first-order valence-electron chi connectivity index (χ1n) is 7.89. The normalized spacial score (nSPS) is 14.4. The Labute approximate surface area is 157 Å². The molecule has 10 heteroatoms. The number of aromatic nitrogens is 1. The van der Waals surface area contributed by atoms with Crippen molar-refractivity contribution in [2.75, 3.05) is 11.9 Å². The first-order valence-corrected chi connectivity index (χ1v) is 8.27. The van der Waals surface area contributed by atoms with Crippen molar-refractivity contribution in [3.63, 3.8) is 0 Å². The number of halogens is 4. The zero-order valence-electron chi connectivity index (χ0n) is 14.0. The fourth-order valence-electron chi connectivity index (χ4n) is 2.72. The first-order chi connectivity index (χ1) is 12.8. The number of amides is 3. The molecular formula is C17H14ClF3N4O2. The van der Waals surface area contributed by atoms with Crippen molar-refractivity contribution in [1.29, 1.82) is 0 Å². The third-order valence-corrected chi connectivity index (χ3v) is 4.33. The van der Waals surface area contributed by atoms with E-state index in [1.165, 1.54) is 6.07 Å². The van der Waals surface area contributed by atoms with E-state index in [1.54, 1.807) is 6.92 Å². The van der Waals surface area contributed by atoms with E-state index in [2.05, 4.69) is 15.6 Å². The molecule has 0 unspecified atom stereocenters. The smallest absolute Gasteiger partial charge is 0.322 e. The molecule has 0 aliphatic carbocycles. The van der Waals surface area contributed by atoms with E-state index in [-0.39, 0.29) is 28.5 Å². The molecule has 6 nitrogen and oxygen atoms in total. The largest absolute Gasteiger partial charge is 0.346 e. The van der Waals surface area contributed by atoms with Gasteiger partial charge in [0, 0.05) is 5.56 Å². The van der Waals surface area contributed by atoms with Crippen molar-refractivity contribution >= 4 is 29.2 Å². The second-order valence-electron chi connectivity index (χ2n) is 5.98. The van der Waals surface area contributed by atoms with Crippen molar-refractivity contribution in [2.45, 2.75) is 19.5 Å². The van der Waals surface area contributed by atoms with Gasteiger partial charge in [-0.05, 0) is 25.1 Å². The number of benzene rings is 1. The summed E-state index contributed by atoms with van der Waals surface area (Å²) in [7, 11) is 0. The number of pyridine rings is 1. The molecule has 0 saturated heterocycles. The molecule has 0 radical (unpaired) electrons. The van der Waals surface area contributed by atoms with Gasteiger partial charge in [-0.3, -0.25) is 9.78 Å². The van der Waals surface area contributed by atoms with Gasteiger partial charge in [0.2, 0.25) is 5.91 Å². The standard InChI is InChI=1S/C17H14ClF3N4O2/c1-8(16-11(18)4-9(19)5-22-16)23-14(26)7-25-6-10-13(24-17(25)27)3-2-12(20)15(10)21/h2-5,8H,6-7H2,1H3,(H,23,26)(H,24,27)/t8-/m1/s1. The van der Waals surface area contributed by atoms with Crippen LogP contribution in [0.25, 0.3) is 0 Å². The molecule has 0 spiro atoms. The molecule has 1 aliphatic rings. The van der Waals surface area contributed by atoms with Crippen LogP contribution >= 0.6 is 11.6 Å². The predicted molar refractivity (Wildman–Crippen MR) is 91.5 cm³/mol. The number of hydrogen-bond donors (Lipinski definition) is 2. The number of anilines is 1. The van der Waals surface area contributed by atoms with Gasteiger partial charge in [-0.2, -0.15) is 0 Å². The minimum Gasteiger partial charge on any atom is -0.346 e. The lowest BCUT2D eigenvalue weighted by Gasteiger charge is -2.29. The molecule has 27 heavy (non-hydrogen) atoms. The molecule has 0 bridgehead atoms. The maximum Gasteiger partial charge on any atom is 0.322 e. The zero-order chi connectivity index (χ0) is 19.7. The van der Waals surface area contributed by atoms with Crippen molar-refractivity contribution in [2.24, 2.45) is 0 Å². The number of fused-ring (bicyclic) bond motifs is 1. The Morgan fingerprint density at radius 2 is 2.15 bits per heavy atom. The van der Waals surface area contributed by atoms with E-state index in [9.17, 15) is 22.8 Å². The maximum absolute atomic E-state index is 13.9. The van der Waals surface area contributed by atoms with Crippen LogP contribution in [0.2, 0.25) is 5.02 Å². The molecule has 1 aromatic carbocycles. The van der Waals surface area contributed by atoms with Crippen molar-refractivity contribution in [3.8, 4) is 0 Å². The fourth-order valence-corrected chi connectivity index (χ4v) is 3.04. The summed E-state index contributed by atoms with van der Waals surface area (Å²) in [5.41, 5.74) is 0.373. The molecule has 142 valence electrons. The van der Waals surface area contributed by atoms with Gasteiger partial charge in [0.1, 0.15) is 12.4 Å². The topological polar surface area (TPSA) is 74.3 Å². The lowest BCUT2D eigenvalue weighted by Crippen LogP contribution is -2.45. The van der Waals surface area contributed by atoms with Crippen LogP contribution in [0.1, 0.15) is 24.2 Å². The van der Waals surface area contributed by atoms with Gasteiger partial charge in [-0.15, -0.1) is 0 Å². The third-order valence-electron chi connectivity index (χ3n) is 4.03. The van der Waals surface area contributed by atoms with Crippen LogP contribution in [0, 0.1) is 17.5 Å². The van der Waals surface area contributed by atoms with E-state index in [1.807, 2.05) is 0 Å². The predicted octanol–water partition coefficient (Wildman–Crippen LogP) is 3.38. The average molecular weight is 399 g/mol. The molecule has 3 rings (SSSR count). The lowest BCUT2D eigenvalue weighted by molar-refractivity contribution is -0.122. The molecule has 0 fully saturated rings. The van der Waals surface area contributed by atoms with E-state index in [4.69, 9.17) is 11.6 Å². The van der Waals surface area contributed by atoms with Gasteiger partial charge in [0.25, 0.3) is 0 Å². The van der Waals surface area contributed by atoms with Gasteiger partial charge >= 0.3 is 6.03 Å². The maximum atomic E-state index is 13.9. The summed E-state index contributed by atoms with van der Waals surface area (Å²) in [6, 6.07) is 1.97. The highest BCUT2D eigenvalue weighted by molar-refractivity contribution is 6.31. The molecule has 1 aliphatic heterocycles. The summed E-state index contributed by atoms with van der Waals surface area (Å²) < 4.78 is 40.4. The number of hydrogen-bond acceptors (Lipinski definition) is 3. The third kappa shape index (κ3) is 3.97. The summed E-state index contributed by atoms with van der Waals surface area (Å²) >= 11 is 5.91. The monoisotopic (exact) mass is 398 g/mol. The minimum absolute atomic E-state index is 0.0429. The summed E-state index contributed by atoms with van der Waals surface area (Å²) in [5, 5.41) is 5.03. The number of nitrogens with zero attached hydrogens (tertiary/aromatic N) is 2. The molecule has 2 aromatic rings. The number of carbonyl (C=O) groups excluding carboxylic acids is 2. The summed E-state index contributed by atoms with van der Waals surface area (Å²) in [5.74, 6) is -3.30. The Morgan fingerprint density at radius 1 is 1.41 bits per heavy atom.